The summed E-state index contributed by atoms with van der Waals surface area (Å²) in [6.45, 7) is 6.79. The van der Waals surface area contributed by atoms with E-state index in [9.17, 15) is 4.39 Å². The van der Waals surface area contributed by atoms with Crippen LogP contribution in [0, 0.1) is 19.7 Å². The Kier molecular flexibility index (Phi) is 4.79. The number of hydrogen-bond donors (Lipinski definition) is 1. The number of rotatable bonds is 5. The zero-order chi connectivity index (χ0) is 14.5. The minimum atomic E-state index is -0.209. The molecule has 2 rings (SSSR count). The Morgan fingerprint density at radius 1 is 1.25 bits per heavy atom. The van der Waals surface area contributed by atoms with Crippen LogP contribution in [0.15, 0.2) is 30.5 Å². The van der Waals surface area contributed by atoms with Crippen LogP contribution in [0.3, 0.4) is 0 Å². The van der Waals surface area contributed by atoms with Gasteiger partial charge in [-0.25, -0.2) is 14.4 Å². The fourth-order valence-corrected chi connectivity index (χ4v) is 2.26. The van der Waals surface area contributed by atoms with E-state index in [0.717, 1.165) is 35.6 Å². The summed E-state index contributed by atoms with van der Waals surface area (Å²) < 4.78 is 13.3. The molecule has 0 aliphatic rings. The van der Waals surface area contributed by atoms with Crippen molar-refractivity contribution >= 4 is 0 Å². The average Bonchev–Trinajstić information content (AvgIpc) is 2.41. The van der Waals surface area contributed by atoms with Crippen LogP contribution in [0.25, 0.3) is 0 Å². The first-order valence-electron chi connectivity index (χ1n) is 6.90. The van der Waals surface area contributed by atoms with E-state index in [-0.39, 0.29) is 11.9 Å². The number of aryl methyl sites for hydroxylation is 2. The molecule has 0 spiro atoms. The predicted molar refractivity (Wildman–Crippen MR) is 78.0 cm³/mol. The lowest BCUT2D eigenvalue weighted by Crippen LogP contribution is -2.25. The van der Waals surface area contributed by atoms with Crippen molar-refractivity contribution in [3.05, 3.63) is 58.9 Å². The quantitative estimate of drug-likeness (QED) is 0.908. The summed E-state index contributed by atoms with van der Waals surface area (Å²) in [5.41, 5.74) is 2.90. The van der Waals surface area contributed by atoms with E-state index in [1.165, 1.54) is 6.07 Å². The molecule has 3 nitrogen and oxygen atoms in total. The van der Waals surface area contributed by atoms with Gasteiger partial charge in [0.1, 0.15) is 11.6 Å². The van der Waals surface area contributed by atoms with E-state index in [4.69, 9.17) is 0 Å². The first-order chi connectivity index (χ1) is 9.61. The molecule has 0 radical (unpaired) electrons. The number of hydrogen-bond acceptors (Lipinski definition) is 3. The van der Waals surface area contributed by atoms with Gasteiger partial charge in [0, 0.05) is 6.20 Å². The summed E-state index contributed by atoms with van der Waals surface area (Å²) in [6, 6.07) is 6.76. The summed E-state index contributed by atoms with van der Waals surface area (Å²) in [5, 5.41) is 3.48. The molecule has 0 saturated heterocycles. The third-order valence-corrected chi connectivity index (χ3v) is 3.23. The molecule has 106 valence electrons. The normalized spacial score (nSPS) is 12.4. The molecule has 1 atom stereocenters. The number of aromatic nitrogens is 2. The largest absolute Gasteiger partial charge is 0.305 e. The standard InChI is InChI=1S/C16H20FN3/c1-4-8-19-16(15-7-9-18-12(3)20-15)14-6-5-13(17)10-11(14)2/h5-7,9-10,16,19H,4,8H2,1-3H3. The molecular weight excluding hydrogens is 253 g/mol. The summed E-state index contributed by atoms with van der Waals surface area (Å²) in [4.78, 5) is 8.63. The van der Waals surface area contributed by atoms with E-state index in [0.29, 0.717) is 0 Å². The van der Waals surface area contributed by atoms with Gasteiger partial charge in [-0.3, -0.25) is 0 Å². The average molecular weight is 273 g/mol. The Morgan fingerprint density at radius 3 is 2.70 bits per heavy atom. The van der Waals surface area contributed by atoms with Gasteiger partial charge in [0.15, 0.2) is 0 Å². The highest BCUT2D eigenvalue weighted by molar-refractivity contribution is 5.34. The second kappa shape index (κ2) is 6.57. The monoisotopic (exact) mass is 273 g/mol. The zero-order valence-electron chi connectivity index (χ0n) is 12.2. The van der Waals surface area contributed by atoms with Crippen LogP contribution in [0.5, 0.6) is 0 Å². The molecule has 20 heavy (non-hydrogen) atoms. The second-order valence-electron chi connectivity index (χ2n) is 4.92. The van der Waals surface area contributed by atoms with Crippen LogP contribution >= 0.6 is 0 Å². The molecule has 0 bridgehead atoms. The first kappa shape index (κ1) is 14.6. The smallest absolute Gasteiger partial charge is 0.125 e. The van der Waals surface area contributed by atoms with E-state index in [2.05, 4.69) is 22.2 Å². The minimum absolute atomic E-state index is 0.0303. The molecule has 0 fully saturated rings. The van der Waals surface area contributed by atoms with Gasteiger partial charge >= 0.3 is 0 Å². The topological polar surface area (TPSA) is 37.8 Å². The van der Waals surface area contributed by atoms with Crippen molar-refractivity contribution in [2.75, 3.05) is 6.54 Å². The van der Waals surface area contributed by atoms with E-state index in [1.54, 1.807) is 12.3 Å². The fourth-order valence-electron chi connectivity index (χ4n) is 2.26. The highest BCUT2D eigenvalue weighted by Crippen LogP contribution is 2.24. The van der Waals surface area contributed by atoms with Crippen LogP contribution < -0.4 is 5.32 Å². The first-order valence-corrected chi connectivity index (χ1v) is 6.90. The minimum Gasteiger partial charge on any atom is -0.305 e. The molecule has 1 unspecified atom stereocenters. The molecule has 0 saturated carbocycles. The molecule has 2 aromatic rings. The highest BCUT2D eigenvalue weighted by atomic mass is 19.1. The predicted octanol–water partition coefficient (Wildman–Crippen LogP) is 3.32. The Balaban J connectivity index is 2.41. The molecule has 1 heterocycles. The summed E-state index contributed by atoms with van der Waals surface area (Å²) in [6.07, 6.45) is 2.79. The van der Waals surface area contributed by atoms with Crippen LogP contribution in [-0.2, 0) is 0 Å². The van der Waals surface area contributed by atoms with Gasteiger partial charge in [0.2, 0.25) is 0 Å². The number of nitrogens with one attached hydrogen (secondary N) is 1. The lowest BCUT2D eigenvalue weighted by molar-refractivity contribution is 0.577. The van der Waals surface area contributed by atoms with Crippen LogP contribution in [0.2, 0.25) is 0 Å². The van der Waals surface area contributed by atoms with Crippen molar-refractivity contribution in [3.63, 3.8) is 0 Å². The fraction of sp³-hybridized carbons (Fsp3) is 0.375. The lowest BCUT2D eigenvalue weighted by Gasteiger charge is -2.20. The van der Waals surface area contributed by atoms with Crippen molar-refractivity contribution in [2.24, 2.45) is 0 Å². The SMILES string of the molecule is CCCNC(c1ccnc(C)n1)c1ccc(F)cc1C. The maximum absolute atomic E-state index is 13.3. The van der Waals surface area contributed by atoms with Gasteiger partial charge in [0.05, 0.1) is 11.7 Å². The van der Waals surface area contributed by atoms with Crippen molar-refractivity contribution in [1.82, 2.24) is 15.3 Å². The summed E-state index contributed by atoms with van der Waals surface area (Å²) >= 11 is 0. The van der Waals surface area contributed by atoms with Crippen LogP contribution in [0.1, 0.15) is 42.0 Å². The Morgan fingerprint density at radius 2 is 2.05 bits per heavy atom. The molecule has 4 heteroatoms. The Labute approximate surface area is 119 Å². The van der Waals surface area contributed by atoms with Gasteiger partial charge in [-0.2, -0.15) is 0 Å². The van der Waals surface area contributed by atoms with Crippen LogP contribution in [0.4, 0.5) is 4.39 Å². The van der Waals surface area contributed by atoms with Crippen LogP contribution in [-0.4, -0.2) is 16.5 Å². The van der Waals surface area contributed by atoms with Crippen molar-refractivity contribution in [1.29, 1.82) is 0 Å². The van der Waals surface area contributed by atoms with Gasteiger partial charge in [-0.1, -0.05) is 13.0 Å². The second-order valence-corrected chi connectivity index (χ2v) is 4.92. The van der Waals surface area contributed by atoms with Gasteiger partial charge in [-0.15, -0.1) is 0 Å². The zero-order valence-corrected chi connectivity index (χ0v) is 12.2. The number of benzene rings is 1. The molecular formula is C16H20FN3. The Hall–Kier alpha value is -1.81. The Bertz CT molecular complexity index is 584. The van der Waals surface area contributed by atoms with Gasteiger partial charge in [-0.05, 0) is 56.1 Å². The van der Waals surface area contributed by atoms with E-state index >= 15 is 0 Å². The molecule has 0 amide bonds. The van der Waals surface area contributed by atoms with E-state index in [1.807, 2.05) is 26.0 Å². The van der Waals surface area contributed by atoms with Crippen molar-refractivity contribution < 1.29 is 4.39 Å². The van der Waals surface area contributed by atoms with Gasteiger partial charge in [0.25, 0.3) is 0 Å². The summed E-state index contributed by atoms with van der Waals surface area (Å²) in [5.74, 6) is 0.532. The molecule has 0 aliphatic heterocycles. The third kappa shape index (κ3) is 3.39. The molecule has 1 aromatic carbocycles. The maximum atomic E-state index is 13.3. The molecule has 0 aliphatic carbocycles. The van der Waals surface area contributed by atoms with E-state index < -0.39 is 0 Å². The number of nitrogens with zero attached hydrogens (tertiary/aromatic N) is 2. The van der Waals surface area contributed by atoms with Crippen molar-refractivity contribution in [2.45, 2.75) is 33.2 Å². The highest BCUT2D eigenvalue weighted by Gasteiger charge is 2.17. The van der Waals surface area contributed by atoms with Gasteiger partial charge < -0.3 is 5.32 Å². The molecule has 1 N–H and O–H groups in total. The third-order valence-electron chi connectivity index (χ3n) is 3.23. The number of halogens is 1. The summed E-state index contributed by atoms with van der Waals surface area (Å²) in [7, 11) is 0. The maximum Gasteiger partial charge on any atom is 0.125 e. The lowest BCUT2D eigenvalue weighted by atomic mass is 9.98. The van der Waals surface area contributed by atoms with Crippen molar-refractivity contribution in [3.8, 4) is 0 Å². The molecule has 1 aromatic heterocycles.